The van der Waals surface area contributed by atoms with E-state index < -0.39 is 11.4 Å². The lowest BCUT2D eigenvalue weighted by atomic mass is 9.89. The molecule has 1 aliphatic heterocycles. The minimum absolute atomic E-state index is 0.315. The molecule has 3 rings (SSSR count). The molecule has 1 aromatic carbocycles. The summed E-state index contributed by atoms with van der Waals surface area (Å²) >= 11 is 0. The standard InChI is InChI=1S/C15H19F2N3/c1-9-5-13(17)11(6-12(9)16)15(2)8-19-14(18)20(15)7-10-3-4-10/h5-6,10H,3-4,7-8H2,1-2H3,(H2,18,19). The van der Waals surface area contributed by atoms with Crippen LogP contribution in [0.4, 0.5) is 8.78 Å². The van der Waals surface area contributed by atoms with Gasteiger partial charge in [0, 0.05) is 12.1 Å². The number of aryl methyl sites for hydroxylation is 1. The number of aliphatic imine (C=N–C) groups is 1. The van der Waals surface area contributed by atoms with Crippen molar-refractivity contribution in [2.24, 2.45) is 16.6 Å². The van der Waals surface area contributed by atoms with E-state index in [4.69, 9.17) is 5.73 Å². The Labute approximate surface area is 117 Å². The molecule has 20 heavy (non-hydrogen) atoms. The normalized spacial score (nSPS) is 26.0. The molecule has 0 amide bonds. The highest BCUT2D eigenvalue weighted by molar-refractivity contribution is 5.81. The fourth-order valence-corrected chi connectivity index (χ4v) is 2.80. The summed E-state index contributed by atoms with van der Waals surface area (Å²) in [6, 6.07) is 2.54. The van der Waals surface area contributed by atoms with Crippen molar-refractivity contribution < 1.29 is 8.78 Å². The maximum Gasteiger partial charge on any atom is 0.192 e. The second-order valence-corrected chi connectivity index (χ2v) is 6.08. The predicted molar refractivity (Wildman–Crippen MR) is 74.4 cm³/mol. The lowest BCUT2D eigenvalue weighted by molar-refractivity contribution is 0.210. The van der Waals surface area contributed by atoms with Gasteiger partial charge in [0.2, 0.25) is 0 Å². The first-order chi connectivity index (χ1) is 9.41. The summed E-state index contributed by atoms with van der Waals surface area (Å²) in [6.45, 7) is 4.57. The van der Waals surface area contributed by atoms with E-state index in [9.17, 15) is 8.78 Å². The highest BCUT2D eigenvalue weighted by atomic mass is 19.1. The van der Waals surface area contributed by atoms with Crippen LogP contribution in [0.1, 0.15) is 30.9 Å². The summed E-state index contributed by atoms with van der Waals surface area (Å²) in [5.41, 5.74) is 5.91. The lowest BCUT2D eigenvalue weighted by Crippen LogP contribution is -2.48. The highest BCUT2D eigenvalue weighted by Crippen LogP contribution is 2.39. The monoisotopic (exact) mass is 279 g/mol. The molecule has 1 aromatic rings. The first-order valence-electron chi connectivity index (χ1n) is 6.95. The summed E-state index contributed by atoms with van der Waals surface area (Å²) < 4.78 is 28.1. The maximum absolute atomic E-state index is 14.3. The van der Waals surface area contributed by atoms with E-state index in [-0.39, 0.29) is 5.82 Å². The van der Waals surface area contributed by atoms with Crippen molar-refractivity contribution in [2.75, 3.05) is 13.1 Å². The third kappa shape index (κ3) is 2.05. The zero-order valence-corrected chi connectivity index (χ0v) is 11.8. The SMILES string of the molecule is Cc1cc(F)c(C2(C)CN=C(N)N2CC2CC2)cc1F. The van der Waals surface area contributed by atoms with Crippen LogP contribution in [-0.4, -0.2) is 23.9 Å². The Bertz CT molecular complexity index is 581. The summed E-state index contributed by atoms with van der Waals surface area (Å²) in [4.78, 5) is 6.18. The first-order valence-corrected chi connectivity index (χ1v) is 6.95. The van der Waals surface area contributed by atoms with Crippen molar-refractivity contribution in [1.82, 2.24) is 4.90 Å². The Morgan fingerprint density at radius 2 is 2.05 bits per heavy atom. The zero-order chi connectivity index (χ0) is 14.5. The Morgan fingerprint density at radius 3 is 2.70 bits per heavy atom. The summed E-state index contributed by atoms with van der Waals surface area (Å²) in [7, 11) is 0. The molecule has 0 spiro atoms. The molecule has 1 saturated carbocycles. The second kappa shape index (κ2) is 4.43. The van der Waals surface area contributed by atoms with Crippen LogP contribution in [-0.2, 0) is 5.54 Å². The molecule has 5 heteroatoms. The van der Waals surface area contributed by atoms with Gasteiger partial charge in [-0.05, 0) is 50.3 Å². The first kappa shape index (κ1) is 13.3. The van der Waals surface area contributed by atoms with E-state index in [1.54, 1.807) is 6.92 Å². The summed E-state index contributed by atoms with van der Waals surface area (Å²) in [5, 5.41) is 0. The van der Waals surface area contributed by atoms with Crippen molar-refractivity contribution >= 4 is 5.96 Å². The molecule has 0 radical (unpaired) electrons. The van der Waals surface area contributed by atoms with Crippen LogP contribution in [0.15, 0.2) is 17.1 Å². The van der Waals surface area contributed by atoms with Gasteiger partial charge in [0.25, 0.3) is 0 Å². The van der Waals surface area contributed by atoms with E-state index in [2.05, 4.69) is 4.99 Å². The van der Waals surface area contributed by atoms with E-state index in [1.165, 1.54) is 25.0 Å². The number of halogens is 2. The number of hydrogen-bond acceptors (Lipinski definition) is 3. The van der Waals surface area contributed by atoms with Gasteiger partial charge >= 0.3 is 0 Å². The van der Waals surface area contributed by atoms with Gasteiger partial charge in [-0.15, -0.1) is 0 Å². The van der Waals surface area contributed by atoms with Gasteiger partial charge in [0.05, 0.1) is 12.1 Å². The van der Waals surface area contributed by atoms with Crippen LogP contribution in [0.25, 0.3) is 0 Å². The number of rotatable bonds is 3. The van der Waals surface area contributed by atoms with Crippen molar-refractivity contribution in [1.29, 1.82) is 0 Å². The molecule has 1 heterocycles. The van der Waals surface area contributed by atoms with Gasteiger partial charge in [-0.1, -0.05) is 0 Å². The number of hydrogen-bond donors (Lipinski definition) is 1. The molecule has 2 N–H and O–H groups in total. The van der Waals surface area contributed by atoms with E-state index in [0.29, 0.717) is 29.5 Å². The Hall–Kier alpha value is -1.65. The number of nitrogens with two attached hydrogens (primary N) is 1. The molecule has 1 aliphatic carbocycles. The van der Waals surface area contributed by atoms with Crippen molar-refractivity contribution in [3.8, 4) is 0 Å². The topological polar surface area (TPSA) is 41.6 Å². The van der Waals surface area contributed by atoms with Crippen molar-refractivity contribution in [2.45, 2.75) is 32.2 Å². The quantitative estimate of drug-likeness (QED) is 0.923. The van der Waals surface area contributed by atoms with Crippen molar-refractivity contribution in [3.05, 3.63) is 34.9 Å². The second-order valence-electron chi connectivity index (χ2n) is 6.08. The maximum atomic E-state index is 14.3. The van der Waals surface area contributed by atoms with Gasteiger partial charge in [-0.3, -0.25) is 4.99 Å². The third-order valence-electron chi connectivity index (χ3n) is 4.39. The number of benzene rings is 1. The molecular weight excluding hydrogens is 260 g/mol. The lowest BCUT2D eigenvalue weighted by Gasteiger charge is -2.37. The molecule has 2 aliphatic rings. The molecule has 0 saturated heterocycles. The molecule has 0 aromatic heterocycles. The van der Waals surface area contributed by atoms with Crippen LogP contribution < -0.4 is 5.73 Å². The highest BCUT2D eigenvalue weighted by Gasteiger charge is 2.43. The summed E-state index contributed by atoms with van der Waals surface area (Å²) in [6.07, 6.45) is 2.34. The number of nitrogens with zero attached hydrogens (tertiary/aromatic N) is 2. The Kier molecular flexibility index (Phi) is 2.96. The van der Waals surface area contributed by atoms with Gasteiger partial charge in [0.15, 0.2) is 5.96 Å². The van der Waals surface area contributed by atoms with Gasteiger partial charge in [-0.2, -0.15) is 0 Å². The van der Waals surface area contributed by atoms with Gasteiger partial charge < -0.3 is 10.6 Å². The molecule has 3 nitrogen and oxygen atoms in total. The summed E-state index contributed by atoms with van der Waals surface area (Å²) in [5.74, 6) is 0.246. The van der Waals surface area contributed by atoms with Gasteiger partial charge in [0.1, 0.15) is 11.6 Å². The molecule has 0 bridgehead atoms. The van der Waals surface area contributed by atoms with Crippen LogP contribution in [0.3, 0.4) is 0 Å². The smallest absolute Gasteiger partial charge is 0.192 e. The van der Waals surface area contributed by atoms with Crippen LogP contribution in [0, 0.1) is 24.5 Å². The molecule has 1 unspecified atom stereocenters. The Morgan fingerprint density at radius 1 is 1.35 bits per heavy atom. The third-order valence-corrected chi connectivity index (χ3v) is 4.39. The van der Waals surface area contributed by atoms with Crippen molar-refractivity contribution in [3.63, 3.8) is 0 Å². The minimum Gasteiger partial charge on any atom is -0.370 e. The molecule has 1 fully saturated rings. The predicted octanol–water partition coefficient (Wildman–Crippen LogP) is 2.53. The Balaban J connectivity index is 2.00. The average Bonchev–Trinajstić information content (AvgIpc) is 3.16. The van der Waals surface area contributed by atoms with Gasteiger partial charge in [-0.25, -0.2) is 8.78 Å². The number of guanidine groups is 1. The van der Waals surface area contributed by atoms with E-state index in [0.717, 1.165) is 6.54 Å². The minimum atomic E-state index is -0.689. The fraction of sp³-hybridized carbons (Fsp3) is 0.533. The largest absolute Gasteiger partial charge is 0.370 e. The average molecular weight is 279 g/mol. The van der Waals surface area contributed by atoms with Crippen LogP contribution in [0.2, 0.25) is 0 Å². The van der Waals surface area contributed by atoms with Crippen LogP contribution >= 0.6 is 0 Å². The molecule has 108 valence electrons. The zero-order valence-electron chi connectivity index (χ0n) is 11.8. The van der Waals surface area contributed by atoms with E-state index in [1.807, 2.05) is 11.8 Å². The molecule has 1 atom stereocenters. The van der Waals surface area contributed by atoms with E-state index >= 15 is 0 Å². The molecular formula is C15H19F2N3. The fourth-order valence-electron chi connectivity index (χ4n) is 2.80. The van der Waals surface area contributed by atoms with Crippen LogP contribution in [0.5, 0.6) is 0 Å².